The Balaban J connectivity index is 1.58. The number of sulfonamides is 1. The summed E-state index contributed by atoms with van der Waals surface area (Å²) in [5.41, 5.74) is 2.15. The lowest BCUT2D eigenvalue weighted by atomic mass is 9.88. The molecular formula is C26H35F3N2O5S2. The summed E-state index contributed by atoms with van der Waals surface area (Å²) in [4.78, 5) is 9.68. The molecule has 0 unspecified atom stereocenters. The van der Waals surface area contributed by atoms with Crippen LogP contribution in [-0.2, 0) is 40.3 Å². The van der Waals surface area contributed by atoms with Crippen molar-refractivity contribution in [3.63, 3.8) is 0 Å². The maximum atomic E-state index is 13.5. The molecule has 0 bridgehead atoms. The molecule has 0 amide bonds. The maximum absolute atomic E-state index is 13.5. The lowest BCUT2D eigenvalue weighted by molar-refractivity contribution is -0.137. The number of carboxylic acids is 1. The quantitative estimate of drug-likeness (QED) is 0.328. The van der Waals surface area contributed by atoms with Gasteiger partial charge in [-0.15, -0.1) is 11.3 Å². The van der Waals surface area contributed by atoms with Crippen molar-refractivity contribution < 1.29 is 36.6 Å². The number of nitrogens with one attached hydrogen (secondary N) is 1. The van der Waals surface area contributed by atoms with Gasteiger partial charge < -0.3 is 15.5 Å². The summed E-state index contributed by atoms with van der Waals surface area (Å²) in [6.45, 7) is 3.87. The first-order chi connectivity index (χ1) is 17.6. The van der Waals surface area contributed by atoms with E-state index in [1.807, 2.05) is 26.0 Å². The number of halogens is 3. The van der Waals surface area contributed by atoms with E-state index in [4.69, 9.17) is 5.11 Å². The van der Waals surface area contributed by atoms with Gasteiger partial charge in [0.25, 0.3) is 10.0 Å². The van der Waals surface area contributed by atoms with Gasteiger partial charge in [0.1, 0.15) is 9.09 Å². The minimum atomic E-state index is -4.76. The van der Waals surface area contributed by atoms with Crippen molar-refractivity contribution in [2.75, 3.05) is 20.1 Å². The Labute approximate surface area is 225 Å². The second-order valence-corrected chi connectivity index (χ2v) is 13.9. The summed E-state index contributed by atoms with van der Waals surface area (Å²) in [6.07, 6.45) is -3.56. The van der Waals surface area contributed by atoms with Crippen LogP contribution in [0.2, 0.25) is 0 Å². The van der Waals surface area contributed by atoms with Crippen molar-refractivity contribution in [3.8, 4) is 0 Å². The number of hydrogen-bond acceptors (Lipinski definition) is 6. The van der Waals surface area contributed by atoms with Gasteiger partial charge in [0.2, 0.25) is 0 Å². The van der Waals surface area contributed by atoms with E-state index in [0.29, 0.717) is 5.92 Å². The summed E-state index contributed by atoms with van der Waals surface area (Å²) in [5, 5.41) is 22.6. The van der Waals surface area contributed by atoms with E-state index in [1.165, 1.54) is 18.2 Å². The molecule has 1 aromatic carbocycles. The number of aryl methyl sites for hydroxylation is 1. The van der Waals surface area contributed by atoms with Gasteiger partial charge in [-0.05, 0) is 74.6 Å². The number of hydrogen-bond donors (Lipinski definition) is 3. The fourth-order valence-corrected chi connectivity index (χ4v) is 7.81. The topological polar surface area (TPSA) is 107 Å². The largest absolute Gasteiger partial charge is 0.481 e. The molecule has 7 nitrogen and oxygen atoms in total. The molecule has 212 valence electrons. The van der Waals surface area contributed by atoms with E-state index in [1.54, 1.807) is 0 Å². The van der Waals surface area contributed by atoms with Crippen LogP contribution in [0.3, 0.4) is 0 Å². The normalized spacial score (nSPS) is 15.7. The van der Waals surface area contributed by atoms with Crippen LogP contribution in [0.15, 0.2) is 34.5 Å². The first kappa shape index (κ1) is 30.6. The molecule has 0 radical (unpaired) electrons. The minimum absolute atomic E-state index is 0.0441. The van der Waals surface area contributed by atoms with E-state index in [-0.39, 0.29) is 54.8 Å². The maximum Gasteiger partial charge on any atom is 0.425 e. The molecule has 3 N–H and O–H groups in total. The lowest BCUT2D eigenvalue weighted by Crippen LogP contribution is -2.47. The summed E-state index contributed by atoms with van der Waals surface area (Å²) >= 11 is 0.118. The van der Waals surface area contributed by atoms with Gasteiger partial charge in [0.05, 0.1) is 6.10 Å². The number of benzene rings is 1. The zero-order chi connectivity index (χ0) is 28.3. The van der Waals surface area contributed by atoms with Crippen molar-refractivity contribution in [1.82, 2.24) is 9.62 Å². The highest BCUT2D eigenvalue weighted by atomic mass is 32.2. The Morgan fingerprint density at radius 2 is 1.82 bits per heavy atom. The monoisotopic (exact) mass is 576 g/mol. The summed E-state index contributed by atoms with van der Waals surface area (Å²) < 4.78 is 67.0. The van der Waals surface area contributed by atoms with Crippen LogP contribution in [0.5, 0.6) is 0 Å². The molecule has 12 heteroatoms. The molecule has 1 aliphatic rings. The van der Waals surface area contributed by atoms with Gasteiger partial charge in [0, 0.05) is 32.1 Å². The van der Waals surface area contributed by atoms with E-state index < -0.39 is 37.4 Å². The molecule has 1 atom stereocenters. The van der Waals surface area contributed by atoms with Crippen molar-refractivity contribution >= 4 is 27.3 Å². The zero-order valence-electron chi connectivity index (χ0n) is 21.7. The number of aliphatic hydroxyl groups is 1. The Morgan fingerprint density at radius 3 is 2.37 bits per heavy atom. The SMILES string of the molecule is CN(C[C@H](O)CNC(C)(C)CC1Cc2ccccc2C1)S(=O)(=O)c1cc(CCCC(=O)O)c(C(F)(F)F)s1. The van der Waals surface area contributed by atoms with Crippen molar-refractivity contribution in [3.05, 3.63) is 51.9 Å². The van der Waals surface area contributed by atoms with E-state index in [2.05, 4.69) is 17.4 Å². The van der Waals surface area contributed by atoms with Crippen molar-refractivity contribution in [2.24, 2.45) is 5.92 Å². The van der Waals surface area contributed by atoms with Gasteiger partial charge in [-0.1, -0.05) is 24.3 Å². The molecular weight excluding hydrogens is 541 g/mol. The number of thiophene rings is 1. The zero-order valence-corrected chi connectivity index (χ0v) is 23.3. The van der Waals surface area contributed by atoms with Gasteiger partial charge in [0.15, 0.2) is 0 Å². The van der Waals surface area contributed by atoms with Crippen LogP contribution in [0, 0.1) is 5.92 Å². The van der Waals surface area contributed by atoms with E-state index >= 15 is 0 Å². The van der Waals surface area contributed by atoms with Gasteiger partial charge >= 0.3 is 12.1 Å². The number of alkyl halides is 3. The standard InChI is InChI=1S/C26H35F3N2O5S2/c1-25(2,14-17-11-18-7-4-5-8-19(18)12-17)30-15-21(32)16-31(3)38(35,36)23-13-20(9-6-10-22(33)34)24(37-23)26(27,28)29/h4-5,7-8,13,17,21,30,32H,6,9-12,14-16H2,1-3H3,(H,33,34)/t21-/m1/s1. The molecule has 0 fully saturated rings. The fraction of sp³-hybridized carbons (Fsp3) is 0.577. The third-order valence-electron chi connectivity index (χ3n) is 6.76. The van der Waals surface area contributed by atoms with Crippen LogP contribution in [0.4, 0.5) is 13.2 Å². The molecule has 3 rings (SSSR count). The first-order valence-corrected chi connectivity index (χ1v) is 14.7. The number of fused-ring (bicyclic) bond motifs is 1. The molecule has 1 heterocycles. The molecule has 1 aromatic heterocycles. The minimum Gasteiger partial charge on any atom is -0.481 e. The number of rotatable bonds is 13. The molecule has 1 aliphatic carbocycles. The number of β-amino-alcohol motifs (C(OH)–C–C–N with tert-alkyl or cyclic N) is 1. The third kappa shape index (κ3) is 8.01. The Hall–Kier alpha value is -1.99. The second kappa shape index (κ2) is 12.0. The van der Waals surface area contributed by atoms with E-state index in [9.17, 15) is 31.5 Å². The highest BCUT2D eigenvalue weighted by molar-refractivity contribution is 7.91. The predicted molar refractivity (Wildman–Crippen MR) is 140 cm³/mol. The number of carboxylic acid groups (broad SMARTS) is 1. The van der Waals surface area contributed by atoms with Gasteiger partial charge in [-0.2, -0.15) is 17.5 Å². The Morgan fingerprint density at radius 1 is 1.21 bits per heavy atom. The third-order valence-corrected chi connectivity index (χ3v) is 10.3. The van der Waals surface area contributed by atoms with Crippen LogP contribution < -0.4 is 5.32 Å². The Kier molecular flexibility index (Phi) is 9.67. The molecule has 2 aromatic rings. The molecule has 38 heavy (non-hydrogen) atoms. The van der Waals surface area contributed by atoms with Gasteiger partial charge in [-0.25, -0.2) is 8.42 Å². The van der Waals surface area contributed by atoms with Crippen LogP contribution in [0.25, 0.3) is 0 Å². The smallest absolute Gasteiger partial charge is 0.425 e. The number of likely N-dealkylation sites (N-methyl/N-ethyl adjacent to an activating group) is 1. The van der Waals surface area contributed by atoms with Crippen LogP contribution >= 0.6 is 11.3 Å². The molecule has 0 spiro atoms. The summed E-state index contributed by atoms with van der Waals surface area (Å²) in [7, 11) is -3.07. The number of carbonyl (C=O) groups is 1. The molecule has 0 saturated heterocycles. The molecule has 0 saturated carbocycles. The average Bonchev–Trinajstić information content (AvgIpc) is 3.41. The second-order valence-electron chi connectivity index (χ2n) is 10.6. The summed E-state index contributed by atoms with van der Waals surface area (Å²) in [6, 6.07) is 9.31. The van der Waals surface area contributed by atoms with Crippen LogP contribution in [-0.4, -0.2) is 60.7 Å². The van der Waals surface area contributed by atoms with Gasteiger partial charge in [-0.3, -0.25) is 4.79 Å². The Bertz CT molecular complexity index is 1200. The first-order valence-electron chi connectivity index (χ1n) is 12.5. The number of aliphatic carboxylic acids is 1. The number of nitrogens with zero attached hydrogens (tertiary/aromatic N) is 1. The van der Waals surface area contributed by atoms with Crippen molar-refractivity contribution in [2.45, 2.75) is 74.4 Å². The fourth-order valence-electron chi connectivity index (χ4n) is 4.98. The lowest BCUT2D eigenvalue weighted by Gasteiger charge is -2.31. The highest BCUT2D eigenvalue weighted by Gasteiger charge is 2.38. The predicted octanol–water partition coefficient (Wildman–Crippen LogP) is 4.33. The average molecular weight is 577 g/mol. The summed E-state index contributed by atoms with van der Waals surface area (Å²) in [5.74, 6) is -0.679. The molecule has 0 aliphatic heterocycles. The number of aliphatic hydroxyl groups excluding tert-OH is 1. The van der Waals surface area contributed by atoms with E-state index in [0.717, 1.165) is 29.6 Å². The van der Waals surface area contributed by atoms with Crippen molar-refractivity contribution in [1.29, 1.82) is 0 Å². The van der Waals surface area contributed by atoms with Crippen LogP contribution in [0.1, 0.15) is 54.7 Å². The highest BCUT2D eigenvalue weighted by Crippen LogP contribution is 2.41.